The number of nitrogens with zero attached hydrogens (tertiary/aromatic N) is 1. The minimum absolute atomic E-state index is 0.0743. The summed E-state index contributed by atoms with van der Waals surface area (Å²) < 4.78 is 26.7. The van der Waals surface area contributed by atoms with Crippen molar-refractivity contribution < 1.29 is 18.3 Å². The SMILES string of the molecule is CCC(C)C(NS(=O)(=O)c1cc(C#N)ccc1Cl)C(=O)O. The highest BCUT2D eigenvalue weighted by Crippen LogP contribution is 2.23. The van der Waals surface area contributed by atoms with Gasteiger partial charge in [-0.1, -0.05) is 31.9 Å². The lowest BCUT2D eigenvalue weighted by molar-refractivity contribution is -0.140. The number of hydrogen-bond acceptors (Lipinski definition) is 4. The first-order chi connectivity index (χ1) is 9.72. The third-order valence-electron chi connectivity index (χ3n) is 3.11. The fourth-order valence-electron chi connectivity index (χ4n) is 1.66. The van der Waals surface area contributed by atoms with Crippen molar-refractivity contribution in [3.8, 4) is 6.07 Å². The quantitative estimate of drug-likeness (QED) is 0.829. The van der Waals surface area contributed by atoms with Crippen LogP contribution in [0.1, 0.15) is 25.8 Å². The minimum atomic E-state index is -4.14. The summed E-state index contributed by atoms with van der Waals surface area (Å²) in [6.07, 6.45) is 0.492. The Morgan fingerprint density at radius 1 is 1.52 bits per heavy atom. The second-order valence-electron chi connectivity index (χ2n) is 4.58. The van der Waals surface area contributed by atoms with E-state index in [2.05, 4.69) is 4.72 Å². The smallest absolute Gasteiger partial charge is 0.322 e. The normalized spacial score (nSPS) is 14.2. The number of carbonyl (C=O) groups is 1. The molecule has 0 aliphatic carbocycles. The molecule has 0 fully saturated rings. The summed E-state index contributed by atoms with van der Waals surface area (Å²) >= 11 is 5.84. The van der Waals surface area contributed by atoms with Crippen molar-refractivity contribution in [1.29, 1.82) is 5.26 Å². The third-order valence-corrected chi connectivity index (χ3v) is 5.03. The van der Waals surface area contributed by atoms with E-state index in [1.807, 2.05) is 6.07 Å². The number of halogens is 1. The first kappa shape index (κ1) is 17.4. The Labute approximate surface area is 128 Å². The molecular weight excluding hydrogens is 316 g/mol. The van der Waals surface area contributed by atoms with Gasteiger partial charge < -0.3 is 5.11 Å². The molecule has 0 saturated carbocycles. The van der Waals surface area contributed by atoms with Crippen molar-refractivity contribution in [1.82, 2.24) is 4.72 Å². The summed E-state index contributed by atoms with van der Waals surface area (Å²) in [5.74, 6) is -1.66. The summed E-state index contributed by atoms with van der Waals surface area (Å²) in [4.78, 5) is 10.9. The molecule has 1 aromatic rings. The summed E-state index contributed by atoms with van der Waals surface area (Å²) in [5, 5.41) is 17.9. The molecule has 0 radical (unpaired) electrons. The van der Waals surface area contributed by atoms with Crippen LogP contribution in [0.2, 0.25) is 5.02 Å². The third kappa shape index (κ3) is 4.17. The van der Waals surface area contributed by atoms with Crippen molar-refractivity contribution >= 4 is 27.6 Å². The molecule has 0 saturated heterocycles. The van der Waals surface area contributed by atoms with Gasteiger partial charge in [0.15, 0.2) is 0 Å². The molecule has 0 bridgehead atoms. The number of aliphatic carboxylic acids is 1. The van der Waals surface area contributed by atoms with Gasteiger partial charge in [-0.15, -0.1) is 0 Å². The maximum Gasteiger partial charge on any atom is 0.322 e. The molecule has 114 valence electrons. The van der Waals surface area contributed by atoms with Crippen LogP contribution in [0.15, 0.2) is 23.1 Å². The van der Waals surface area contributed by atoms with Crippen LogP contribution in [0.4, 0.5) is 0 Å². The molecular formula is C13H15ClN2O4S. The molecule has 2 N–H and O–H groups in total. The van der Waals surface area contributed by atoms with Crippen LogP contribution >= 0.6 is 11.6 Å². The van der Waals surface area contributed by atoms with E-state index in [4.69, 9.17) is 22.0 Å². The summed E-state index contributed by atoms with van der Waals surface area (Å²) in [6.45, 7) is 3.40. The molecule has 1 aromatic carbocycles. The molecule has 0 aliphatic heterocycles. The lowest BCUT2D eigenvalue weighted by atomic mass is 10.0. The molecule has 21 heavy (non-hydrogen) atoms. The van der Waals surface area contributed by atoms with E-state index in [9.17, 15) is 13.2 Å². The monoisotopic (exact) mass is 330 g/mol. The second kappa shape index (κ2) is 6.89. The average Bonchev–Trinajstić information content (AvgIpc) is 2.44. The molecule has 2 unspecified atom stereocenters. The van der Waals surface area contributed by atoms with Gasteiger partial charge in [-0.05, 0) is 24.1 Å². The number of carboxylic acid groups (broad SMARTS) is 1. The lowest BCUT2D eigenvalue weighted by Crippen LogP contribution is -2.44. The van der Waals surface area contributed by atoms with Crippen LogP contribution in [-0.4, -0.2) is 25.5 Å². The molecule has 0 aromatic heterocycles. The Morgan fingerprint density at radius 2 is 2.14 bits per heavy atom. The number of carboxylic acids is 1. The predicted octanol–water partition coefficient (Wildman–Crippen LogP) is 1.99. The molecule has 1 rings (SSSR count). The van der Waals surface area contributed by atoms with Gasteiger partial charge in [0.1, 0.15) is 10.9 Å². The number of rotatable bonds is 6. The first-order valence-corrected chi connectivity index (χ1v) is 8.03. The van der Waals surface area contributed by atoms with Crippen molar-refractivity contribution in [2.45, 2.75) is 31.2 Å². The van der Waals surface area contributed by atoms with Gasteiger partial charge in [-0.25, -0.2) is 8.42 Å². The molecule has 2 atom stereocenters. The summed E-state index contributed by atoms with van der Waals surface area (Å²) in [5.41, 5.74) is 0.121. The van der Waals surface area contributed by atoms with Crippen LogP contribution < -0.4 is 4.72 Å². The van der Waals surface area contributed by atoms with Gasteiger partial charge in [0.25, 0.3) is 0 Å². The molecule has 0 heterocycles. The highest BCUT2D eigenvalue weighted by atomic mass is 35.5. The molecule has 0 amide bonds. The average molecular weight is 331 g/mol. The van der Waals surface area contributed by atoms with Gasteiger partial charge in [-0.3, -0.25) is 4.79 Å². The van der Waals surface area contributed by atoms with E-state index in [1.165, 1.54) is 12.1 Å². The van der Waals surface area contributed by atoms with Gasteiger partial charge >= 0.3 is 5.97 Å². The largest absolute Gasteiger partial charge is 0.480 e. The highest BCUT2D eigenvalue weighted by Gasteiger charge is 2.30. The van der Waals surface area contributed by atoms with Crippen LogP contribution in [0, 0.1) is 17.2 Å². The number of benzene rings is 1. The van der Waals surface area contributed by atoms with Crippen LogP contribution in [0.3, 0.4) is 0 Å². The van der Waals surface area contributed by atoms with Crippen LogP contribution in [0.25, 0.3) is 0 Å². The van der Waals surface area contributed by atoms with Crippen molar-refractivity contribution in [2.75, 3.05) is 0 Å². The van der Waals surface area contributed by atoms with Gasteiger partial charge in [-0.2, -0.15) is 9.98 Å². The van der Waals surface area contributed by atoms with Gasteiger partial charge in [0.05, 0.1) is 16.7 Å². The summed E-state index contributed by atoms with van der Waals surface area (Å²) in [6, 6.07) is 4.32. The van der Waals surface area contributed by atoms with Crippen molar-refractivity contribution in [3.63, 3.8) is 0 Å². The zero-order chi connectivity index (χ0) is 16.2. The van der Waals surface area contributed by atoms with E-state index in [0.29, 0.717) is 6.42 Å². The maximum atomic E-state index is 12.3. The number of hydrogen-bond donors (Lipinski definition) is 2. The van der Waals surface area contributed by atoms with Crippen molar-refractivity contribution in [2.24, 2.45) is 5.92 Å². The highest BCUT2D eigenvalue weighted by molar-refractivity contribution is 7.89. The standard InChI is InChI=1S/C13H15ClN2O4S/c1-3-8(2)12(13(17)18)16-21(19,20)11-6-9(7-15)4-5-10(11)14/h4-6,8,12,16H,3H2,1-2H3,(H,17,18). The molecule has 6 nitrogen and oxygen atoms in total. The number of nitriles is 1. The van der Waals surface area contributed by atoms with E-state index in [0.717, 1.165) is 6.07 Å². The zero-order valence-corrected chi connectivity index (χ0v) is 13.1. The van der Waals surface area contributed by atoms with Crippen molar-refractivity contribution in [3.05, 3.63) is 28.8 Å². The number of nitrogens with one attached hydrogen (secondary N) is 1. The predicted molar refractivity (Wildman–Crippen MR) is 77.4 cm³/mol. The zero-order valence-electron chi connectivity index (χ0n) is 11.5. The van der Waals surface area contributed by atoms with Crippen LogP contribution in [-0.2, 0) is 14.8 Å². The summed E-state index contributed by atoms with van der Waals surface area (Å²) in [7, 11) is -4.14. The Hall–Kier alpha value is -1.62. The Bertz CT molecular complexity index is 682. The number of sulfonamides is 1. The Morgan fingerprint density at radius 3 is 2.62 bits per heavy atom. The first-order valence-electron chi connectivity index (χ1n) is 6.17. The van der Waals surface area contributed by atoms with Crippen LogP contribution in [0.5, 0.6) is 0 Å². The maximum absolute atomic E-state index is 12.3. The van der Waals surface area contributed by atoms with E-state index in [1.54, 1.807) is 13.8 Å². The Balaban J connectivity index is 3.23. The Kier molecular flexibility index (Phi) is 5.72. The molecule has 0 aliphatic rings. The van der Waals surface area contributed by atoms with Gasteiger partial charge in [0, 0.05) is 0 Å². The van der Waals surface area contributed by atoms with E-state index in [-0.39, 0.29) is 15.5 Å². The van der Waals surface area contributed by atoms with E-state index >= 15 is 0 Å². The van der Waals surface area contributed by atoms with E-state index < -0.39 is 28.0 Å². The molecule has 8 heteroatoms. The fourth-order valence-corrected chi connectivity index (χ4v) is 3.48. The molecule has 0 spiro atoms. The fraction of sp³-hybridized carbons (Fsp3) is 0.385. The lowest BCUT2D eigenvalue weighted by Gasteiger charge is -2.20. The second-order valence-corrected chi connectivity index (χ2v) is 6.67. The minimum Gasteiger partial charge on any atom is -0.480 e. The topological polar surface area (TPSA) is 107 Å². The van der Waals surface area contributed by atoms with Gasteiger partial charge in [0.2, 0.25) is 10.0 Å².